The Morgan fingerprint density at radius 2 is 1.24 bits per heavy atom. The van der Waals surface area contributed by atoms with E-state index < -0.39 is 41.0 Å². The predicted molar refractivity (Wildman–Crippen MR) is 184 cm³/mol. The number of benzene rings is 7. The van der Waals surface area contributed by atoms with Crippen molar-refractivity contribution in [3.63, 3.8) is 0 Å². The van der Waals surface area contributed by atoms with Crippen molar-refractivity contribution in [1.82, 2.24) is 0 Å². The van der Waals surface area contributed by atoms with E-state index in [9.17, 15) is 6.85 Å². The molecule has 7 aromatic rings. The van der Waals surface area contributed by atoms with Gasteiger partial charge in [0.15, 0.2) is 0 Å². The number of para-hydroxylation sites is 1. The smallest absolute Gasteiger partial charge is 0.131 e. The predicted octanol–water partition coefficient (Wildman–Crippen LogP) is 11.3. The Bertz CT molecular complexity index is 3120. The van der Waals surface area contributed by atoms with Crippen LogP contribution in [0.1, 0.15) is 65.0 Å². The first-order chi connectivity index (χ1) is 27.5. The molecule has 0 radical (unpaired) electrons. The van der Waals surface area contributed by atoms with Gasteiger partial charge >= 0.3 is 0 Å². The van der Waals surface area contributed by atoms with Gasteiger partial charge in [-0.2, -0.15) is 0 Å². The summed E-state index contributed by atoms with van der Waals surface area (Å²) in [4.78, 5) is 0. The minimum Gasteiger partial charge on any atom is -0.457 e. The summed E-state index contributed by atoms with van der Waals surface area (Å²) in [5.74, 6) is -0.264. The van der Waals surface area contributed by atoms with Gasteiger partial charge in [0.1, 0.15) is 11.5 Å². The van der Waals surface area contributed by atoms with Gasteiger partial charge in [-0.25, -0.2) is 0 Å². The molecule has 212 valence electrons. The van der Waals surface area contributed by atoms with E-state index in [1.165, 1.54) is 0 Å². The molecule has 0 saturated heterocycles. The molecule has 45 heavy (non-hydrogen) atoms. The molecule has 0 aromatic heterocycles. The molecule has 1 nitrogen and oxygen atoms in total. The molecular weight excluding hydrogens is 544 g/mol. The fraction of sp³-hybridized carbons (Fsp3) is 0.0909. The third-order valence-corrected chi connectivity index (χ3v) is 9.69. The van der Waals surface area contributed by atoms with E-state index in [0.717, 1.165) is 22.3 Å². The van der Waals surface area contributed by atoms with E-state index in [2.05, 4.69) is 0 Å². The van der Waals surface area contributed by atoms with Crippen molar-refractivity contribution < 1.29 is 22.6 Å². The van der Waals surface area contributed by atoms with Gasteiger partial charge in [-0.15, -0.1) is 0 Å². The molecule has 10 rings (SSSR count). The molecule has 1 heterocycles. The minimum atomic E-state index is -1.27. The maximum absolute atomic E-state index is 9.71. The van der Waals surface area contributed by atoms with E-state index in [0.29, 0.717) is 27.8 Å². The molecule has 1 unspecified atom stereocenters. The maximum Gasteiger partial charge on any atom is 0.131 e. The van der Waals surface area contributed by atoms with Crippen molar-refractivity contribution >= 4 is 10.8 Å². The van der Waals surface area contributed by atoms with Crippen LogP contribution in [0.15, 0.2) is 145 Å². The summed E-state index contributed by atoms with van der Waals surface area (Å²) in [6.45, 7) is 3.43. The third-order valence-electron chi connectivity index (χ3n) is 9.69. The van der Waals surface area contributed by atoms with E-state index in [1.807, 2.05) is 60.7 Å². The van der Waals surface area contributed by atoms with Crippen LogP contribution in [0.3, 0.4) is 0 Å². The first-order valence-corrected chi connectivity index (χ1v) is 14.8. The van der Waals surface area contributed by atoms with Crippen LogP contribution in [0, 0.1) is 0 Å². The van der Waals surface area contributed by atoms with Crippen molar-refractivity contribution in [3.05, 3.63) is 179 Å². The third kappa shape index (κ3) is 3.08. The van der Waals surface area contributed by atoms with Crippen LogP contribution >= 0.6 is 0 Å². The second-order valence-electron chi connectivity index (χ2n) is 12.2. The number of hydrogen-bond acceptors (Lipinski definition) is 1. The number of rotatable bonds is 1. The van der Waals surface area contributed by atoms with E-state index in [1.54, 1.807) is 19.9 Å². The molecule has 0 bridgehead atoms. The minimum absolute atomic E-state index is 0.0344. The highest BCUT2D eigenvalue weighted by molar-refractivity contribution is 6.06. The Hall–Kier alpha value is -5.40. The Labute approximate surface area is 281 Å². The second kappa shape index (κ2) is 8.61. The fourth-order valence-corrected chi connectivity index (χ4v) is 7.71. The van der Waals surface area contributed by atoms with Crippen LogP contribution in [0.25, 0.3) is 44.2 Å². The summed E-state index contributed by atoms with van der Waals surface area (Å²) in [6, 6.07) is 16.1. The zero-order valence-electron chi connectivity index (χ0n) is 37.3. The quantitative estimate of drug-likeness (QED) is 0.186. The normalized spacial score (nSPS) is 21.6. The fourth-order valence-electron chi connectivity index (χ4n) is 7.71. The topological polar surface area (TPSA) is 9.23 Å². The molecule has 2 aliphatic carbocycles. The lowest BCUT2D eigenvalue weighted by Gasteiger charge is -2.35. The van der Waals surface area contributed by atoms with Crippen LogP contribution in [0.2, 0.25) is 0 Å². The molecule has 0 saturated carbocycles. The van der Waals surface area contributed by atoms with Crippen LogP contribution in [-0.4, -0.2) is 0 Å². The molecule has 1 atom stereocenters. The Kier molecular flexibility index (Phi) is 2.98. The Morgan fingerprint density at radius 1 is 0.533 bits per heavy atom. The molecule has 1 spiro atoms. The van der Waals surface area contributed by atoms with Crippen LogP contribution in [-0.2, 0) is 10.8 Å². The highest BCUT2D eigenvalue weighted by atomic mass is 16.5. The SMILES string of the molecule is [2H]c1c([2H])c([2H])c2c(c1[2H])Oc1c([2H])c([2H])c(-c3ccc4c(c3)C3(c5ccccc5-4)c4ccccc4-c4c3c([2H])c([2H])c3c([2H])c([2H])c([2H])c([2H])c43)c([2H])c1C2(C)C. The summed E-state index contributed by atoms with van der Waals surface area (Å²) in [5, 5.41) is 0.122. The average Bonchev–Trinajstić information content (AvgIpc) is 3.67. The molecular formula is C44H30O. The lowest BCUT2D eigenvalue weighted by atomic mass is 9.70. The first kappa shape index (κ1) is 15.5. The lowest BCUT2D eigenvalue weighted by Crippen LogP contribution is -2.26. The van der Waals surface area contributed by atoms with Crippen LogP contribution in [0.5, 0.6) is 11.5 Å². The molecule has 0 amide bonds. The van der Waals surface area contributed by atoms with Gasteiger partial charge in [0, 0.05) is 16.5 Å². The zero-order valence-corrected chi connectivity index (χ0v) is 24.3. The lowest BCUT2D eigenvalue weighted by molar-refractivity contribution is 0.418. The van der Waals surface area contributed by atoms with E-state index >= 15 is 0 Å². The van der Waals surface area contributed by atoms with Crippen molar-refractivity contribution in [2.45, 2.75) is 24.7 Å². The maximum atomic E-state index is 9.71. The molecule has 0 fully saturated rings. The van der Waals surface area contributed by atoms with Crippen molar-refractivity contribution in [1.29, 1.82) is 0 Å². The monoisotopic (exact) mass is 587 g/mol. The van der Waals surface area contributed by atoms with Crippen molar-refractivity contribution in [2.75, 3.05) is 0 Å². The van der Waals surface area contributed by atoms with Gasteiger partial charge in [-0.3, -0.25) is 0 Å². The number of hydrogen-bond donors (Lipinski definition) is 0. The summed E-state index contributed by atoms with van der Waals surface area (Å²) < 4.78 is 122. The van der Waals surface area contributed by atoms with Gasteiger partial charge < -0.3 is 4.74 Å². The number of fused-ring (bicyclic) bond motifs is 14. The van der Waals surface area contributed by atoms with Gasteiger partial charge in [0.05, 0.1) is 23.2 Å². The molecule has 3 aliphatic rings. The van der Waals surface area contributed by atoms with E-state index in [-0.39, 0.29) is 87.3 Å². The summed E-state index contributed by atoms with van der Waals surface area (Å²) in [7, 11) is 0. The van der Waals surface area contributed by atoms with Gasteiger partial charge in [-0.05, 0) is 90.6 Å². The van der Waals surface area contributed by atoms with Gasteiger partial charge in [-0.1, -0.05) is 135 Å². The average molecular weight is 588 g/mol. The van der Waals surface area contributed by atoms with Crippen molar-refractivity contribution in [3.8, 4) is 44.9 Å². The van der Waals surface area contributed by atoms with Gasteiger partial charge in [0.25, 0.3) is 0 Å². The van der Waals surface area contributed by atoms with Crippen LogP contribution < -0.4 is 4.74 Å². The Balaban J connectivity index is 1.31. The summed E-state index contributed by atoms with van der Waals surface area (Å²) in [5.41, 5.74) is 3.66. The molecule has 1 heteroatoms. The summed E-state index contributed by atoms with van der Waals surface area (Å²) >= 11 is 0. The summed E-state index contributed by atoms with van der Waals surface area (Å²) in [6.07, 6.45) is 0. The zero-order chi connectivity index (χ0) is 41.2. The van der Waals surface area contributed by atoms with Crippen LogP contribution in [0.4, 0.5) is 0 Å². The first-order valence-electron chi connectivity index (χ1n) is 21.3. The Morgan fingerprint density at radius 3 is 2.13 bits per heavy atom. The molecule has 1 aliphatic heterocycles. The molecule has 7 aromatic carbocycles. The van der Waals surface area contributed by atoms with Gasteiger partial charge in [0.2, 0.25) is 0 Å². The highest BCUT2D eigenvalue weighted by Gasteiger charge is 2.52. The van der Waals surface area contributed by atoms with E-state index in [4.69, 9.17) is 15.7 Å². The highest BCUT2D eigenvalue weighted by Crippen LogP contribution is 2.64. The second-order valence-corrected chi connectivity index (χ2v) is 12.2. The van der Waals surface area contributed by atoms with Crippen molar-refractivity contribution in [2.24, 2.45) is 0 Å². The standard InChI is InChI=1S/C44H30O/c1-43(2)36-17-9-10-18-40(36)45-41-24-21-29(26-39(41)43)28-19-22-32-31-13-5-7-15-34(31)44(38(32)25-28)35-16-8-6-14-33(35)42-30-12-4-3-11-27(30)20-23-37(42)44/h3-26H,1-2H3/i3D,4D,9D,10D,11D,12D,17D,18D,20D,21D,23D,24D,26D. The largest absolute Gasteiger partial charge is 0.457 e. The number of ether oxygens (including phenoxy) is 1. The molecule has 0 N–H and O–H groups in total.